The van der Waals surface area contributed by atoms with E-state index in [0.717, 1.165) is 42.9 Å². The van der Waals surface area contributed by atoms with E-state index in [2.05, 4.69) is 6.07 Å². The van der Waals surface area contributed by atoms with E-state index in [0.29, 0.717) is 0 Å². The first-order valence-electron chi connectivity index (χ1n) is 5.77. The zero-order valence-electron chi connectivity index (χ0n) is 9.07. The fraction of sp³-hybridized carbons (Fsp3) is 0.462. The third-order valence-corrected chi connectivity index (χ3v) is 4.58. The van der Waals surface area contributed by atoms with Crippen LogP contribution in [0.1, 0.15) is 28.8 Å². The lowest BCUT2D eigenvalue weighted by atomic mass is 10.0. The standard InChI is InChI=1S/C13H14O2S/c14-12(11-5-2-8-16-11)10-4-1-3-9-6-7-15-13(9)10/h1,3-4,11H,2,5-8H2. The van der Waals surface area contributed by atoms with Gasteiger partial charge in [0.2, 0.25) is 0 Å². The summed E-state index contributed by atoms with van der Waals surface area (Å²) in [4.78, 5) is 12.3. The van der Waals surface area contributed by atoms with Crippen LogP contribution in [-0.4, -0.2) is 23.4 Å². The fourth-order valence-electron chi connectivity index (χ4n) is 2.37. The molecule has 0 saturated carbocycles. The molecule has 0 radical (unpaired) electrons. The van der Waals surface area contributed by atoms with E-state index in [1.165, 1.54) is 5.56 Å². The molecule has 84 valence electrons. The number of carbonyl (C=O) groups excluding carboxylic acids is 1. The quantitative estimate of drug-likeness (QED) is 0.736. The summed E-state index contributed by atoms with van der Waals surface area (Å²) in [5.41, 5.74) is 1.99. The van der Waals surface area contributed by atoms with Gasteiger partial charge in [-0.1, -0.05) is 12.1 Å². The summed E-state index contributed by atoms with van der Waals surface area (Å²) < 4.78 is 5.58. The van der Waals surface area contributed by atoms with Crippen molar-refractivity contribution >= 4 is 17.5 Å². The molecule has 2 aliphatic heterocycles. The molecule has 0 amide bonds. The topological polar surface area (TPSA) is 26.3 Å². The Morgan fingerprint density at radius 3 is 3.19 bits per heavy atom. The summed E-state index contributed by atoms with van der Waals surface area (Å²) in [5.74, 6) is 2.23. The predicted molar refractivity (Wildman–Crippen MR) is 65.5 cm³/mol. The number of rotatable bonds is 2. The van der Waals surface area contributed by atoms with Crippen molar-refractivity contribution in [2.75, 3.05) is 12.4 Å². The third-order valence-electron chi connectivity index (χ3n) is 3.20. The number of ether oxygens (including phenoxy) is 1. The Kier molecular flexibility index (Phi) is 2.64. The van der Waals surface area contributed by atoms with Gasteiger partial charge in [-0.25, -0.2) is 0 Å². The van der Waals surface area contributed by atoms with Crippen molar-refractivity contribution in [1.82, 2.24) is 0 Å². The average molecular weight is 234 g/mol. The van der Waals surface area contributed by atoms with Gasteiger partial charge in [0.1, 0.15) is 5.75 Å². The largest absolute Gasteiger partial charge is 0.492 e. The van der Waals surface area contributed by atoms with Crippen LogP contribution < -0.4 is 4.74 Å². The molecule has 2 nitrogen and oxygen atoms in total. The van der Waals surface area contributed by atoms with Crippen LogP contribution in [0.25, 0.3) is 0 Å². The fourth-order valence-corrected chi connectivity index (χ4v) is 3.60. The van der Waals surface area contributed by atoms with E-state index < -0.39 is 0 Å². The molecule has 1 saturated heterocycles. The Balaban J connectivity index is 1.94. The molecule has 1 aromatic carbocycles. The number of hydrogen-bond acceptors (Lipinski definition) is 3. The van der Waals surface area contributed by atoms with Crippen molar-refractivity contribution in [2.45, 2.75) is 24.5 Å². The van der Waals surface area contributed by atoms with E-state index in [4.69, 9.17) is 4.74 Å². The maximum absolute atomic E-state index is 12.3. The monoisotopic (exact) mass is 234 g/mol. The number of para-hydroxylation sites is 1. The van der Waals surface area contributed by atoms with E-state index in [9.17, 15) is 4.79 Å². The zero-order chi connectivity index (χ0) is 11.0. The predicted octanol–water partition coefficient (Wildman–Crippen LogP) is 2.70. The van der Waals surface area contributed by atoms with Crippen molar-refractivity contribution in [3.8, 4) is 5.75 Å². The van der Waals surface area contributed by atoms with Crippen molar-refractivity contribution in [1.29, 1.82) is 0 Å². The Morgan fingerprint density at radius 2 is 2.38 bits per heavy atom. The van der Waals surface area contributed by atoms with Crippen LogP contribution in [-0.2, 0) is 6.42 Å². The van der Waals surface area contributed by atoms with Gasteiger partial charge in [-0.3, -0.25) is 4.79 Å². The molecule has 3 rings (SSSR count). The first kappa shape index (κ1) is 10.2. The number of fused-ring (bicyclic) bond motifs is 1. The summed E-state index contributed by atoms with van der Waals surface area (Å²) in [6.45, 7) is 0.720. The van der Waals surface area contributed by atoms with Gasteiger partial charge in [0, 0.05) is 6.42 Å². The van der Waals surface area contributed by atoms with Gasteiger partial charge >= 0.3 is 0 Å². The summed E-state index contributed by atoms with van der Waals surface area (Å²) >= 11 is 1.79. The first-order valence-corrected chi connectivity index (χ1v) is 6.81. The summed E-state index contributed by atoms with van der Waals surface area (Å²) in [6, 6.07) is 5.94. The normalized spacial score (nSPS) is 22.9. The molecule has 0 aliphatic carbocycles. The lowest BCUT2D eigenvalue weighted by Crippen LogP contribution is -2.14. The van der Waals surface area contributed by atoms with Gasteiger partial charge in [0.15, 0.2) is 5.78 Å². The summed E-state index contributed by atoms with van der Waals surface area (Å²) in [6.07, 6.45) is 3.12. The summed E-state index contributed by atoms with van der Waals surface area (Å²) in [7, 11) is 0. The van der Waals surface area contributed by atoms with Gasteiger partial charge in [-0.05, 0) is 30.2 Å². The molecule has 2 aliphatic rings. The number of ketones is 1. The van der Waals surface area contributed by atoms with Crippen LogP contribution >= 0.6 is 11.8 Å². The van der Waals surface area contributed by atoms with Crippen LogP contribution in [0.3, 0.4) is 0 Å². The van der Waals surface area contributed by atoms with Crippen molar-refractivity contribution in [2.24, 2.45) is 0 Å². The second-order valence-electron chi connectivity index (χ2n) is 4.26. The zero-order valence-corrected chi connectivity index (χ0v) is 9.89. The van der Waals surface area contributed by atoms with E-state index in [-0.39, 0.29) is 11.0 Å². The molecule has 0 bridgehead atoms. The molecule has 0 aromatic heterocycles. The highest BCUT2D eigenvalue weighted by Crippen LogP contribution is 2.35. The molecular formula is C13H14O2S. The first-order chi connectivity index (χ1) is 7.86. The van der Waals surface area contributed by atoms with Crippen LogP contribution in [0.4, 0.5) is 0 Å². The molecule has 1 unspecified atom stereocenters. The highest BCUT2D eigenvalue weighted by Gasteiger charge is 2.28. The lowest BCUT2D eigenvalue weighted by molar-refractivity contribution is 0.0985. The Bertz CT molecular complexity index is 422. The molecule has 1 atom stereocenters. The van der Waals surface area contributed by atoms with Crippen LogP contribution in [0.5, 0.6) is 5.75 Å². The van der Waals surface area contributed by atoms with Crippen LogP contribution in [0.2, 0.25) is 0 Å². The van der Waals surface area contributed by atoms with E-state index in [1.807, 2.05) is 12.1 Å². The second-order valence-corrected chi connectivity index (χ2v) is 5.57. The minimum absolute atomic E-state index is 0.163. The Morgan fingerprint density at radius 1 is 1.44 bits per heavy atom. The summed E-state index contributed by atoms with van der Waals surface area (Å²) in [5, 5.41) is 0.163. The highest BCUT2D eigenvalue weighted by molar-refractivity contribution is 8.00. The molecule has 0 spiro atoms. The van der Waals surface area contributed by atoms with Gasteiger partial charge in [-0.15, -0.1) is 0 Å². The van der Waals surface area contributed by atoms with Crippen molar-refractivity contribution in [3.05, 3.63) is 29.3 Å². The highest BCUT2D eigenvalue weighted by atomic mass is 32.2. The maximum atomic E-state index is 12.3. The Labute approximate surface area is 99.4 Å². The minimum atomic E-state index is 0.163. The molecule has 0 N–H and O–H groups in total. The maximum Gasteiger partial charge on any atom is 0.179 e. The van der Waals surface area contributed by atoms with Crippen LogP contribution in [0, 0.1) is 0 Å². The molecule has 2 heterocycles. The van der Waals surface area contributed by atoms with Gasteiger partial charge in [0.25, 0.3) is 0 Å². The van der Waals surface area contributed by atoms with Gasteiger partial charge in [0.05, 0.1) is 17.4 Å². The number of benzene rings is 1. The van der Waals surface area contributed by atoms with Gasteiger partial charge < -0.3 is 4.74 Å². The van der Waals surface area contributed by atoms with E-state index in [1.54, 1.807) is 11.8 Å². The molecule has 1 fully saturated rings. The molecular weight excluding hydrogens is 220 g/mol. The average Bonchev–Trinajstić information content (AvgIpc) is 2.98. The van der Waals surface area contributed by atoms with Crippen LogP contribution in [0.15, 0.2) is 18.2 Å². The minimum Gasteiger partial charge on any atom is -0.492 e. The number of thioether (sulfide) groups is 1. The van der Waals surface area contributed by atoms with E-state index >= 15 is 0 Å². The van der Waals surface area contributed by atoms with Gasteiger partial charge in [-0.2, -0.15) is 11.8 Å². The van der Waals surface area contributed by atoms with Crippen molar-refractivity contribution in [3.63, 3.8) is 0 Å². The second kappa shape index (κ2) is 4.13. The SMILES string of the molecule is O=C(c1cccc2c1OCC2)C1CCCS1. The number of Topliss-reactive ketones (excluding diaryl/α,β-unsaturated/α-hetero) is 1. The molecule has 1 aromatic rings. The molecule has 16 heavy (non-hydrogen) atoms. The van der Waals surface area contributed by atoms with Crippen molar-refractivity contribution < 1.29 is 9.53 Å². The number of carbonyl (C=O) groups is 1. The number of hydrogen-bond donors (Lipinski definition) is 0. The lowest BCUT2D eigenvalue weighted by Gasteiger charge is -2.10. The molecule has 3 heteroatoms. The Hall–Kier alpha value is -0.960. The third kappa shape index (κ3) is 1.63. The smallest absolute Gasteiger partial charge is 0.179 e.